The van der Waals surface area contributed by atoms with Crippen LogP contribution in [0.1, 0.15) is 35.8 Å². The summed E-state index contributed by atoms with van der Waals surface area (Å²) in [6.45, 7) is 4.45. The van der Waals surface area contributed by atoms with Crippen LogP contribution in [0.5, 0.6) is 5.75 Å². The maximum Gasteiger partial charge on any atom is 0.257 e. The van der Waals surface area contributed by atoms with Crippen LogP contribution in [0, 0.1) is 12.3 Å². The van der Waals surface area contributed by atoms with Gasteiger partial charge in [-0.3, -0.25) is 14.7 Å². The first-order valence-electron chi connectivity index (χ1n) is 10.2. The molecule has 9 nitrogen and oxygen atoms in total. The Labute approximate surface area is 181 Å². The van der Waals surface area contributed by atoms with Gasteiger partial charge in [0.15, 0.2) is 0 Å². The third-order valence-corrected chi connectivity index (χ3v) is 7.91. The molecule has 1 saturated heterocycles. The number of piperidine rings is 1. The van der Waals surface area contributed by atoms with Crippen LogP contribution in [-0.2, 0) is 14.8 Å². The van der Waals surface area contributed by atoms with Crippen molar-refractivity contribution >= 4 is 21.7 Å². The number of carbonyl (C=O) groups excluding carboxylic acids is 2. The Bertz CT molecular complexity index is 1100. The Hall–Kier alpha value is -2.72. The van der Waals surface area contributed by atoms with Gasteiger partial charge in [-0.25, -0.2) is 8.42 Å². The highest BCUT2D eigenvalue weighted by Crippen LogP contribution is 2.39. The molecule has 2 aromatic rings. The Morgan fingerprint density at radius 1 is 1.23 bits per heavy atom. The van der Waals surface area contributed by atoms with Crippen molar-refractivity contribution in [2.75, 3.05) is 32.8 Å². The molecule has 4 rings (SSSR count). The number of fused-ring (bicyclic) bond motifs is 1. The fraction of sp³-hybridized carbons (Fsp3) is 0.476. The number of ketones is 1. The van der Waals surface area contributed by atoms with Gasteiger partial charge in [0.25, 0.3) is 5.91 Å². The molecule has 1 aromatic heterocycles. The second kappa shape index (κ2) is 8.08. The average Bonchev–Trinajstić information content (AvgIpc) is 3.17. The van der Waals surface area contributed by atoms with Crippen molar-refractivity contribution in [3.05, 3.63) is 41.7 Å². The summed E-state index contributed by atoms with van der Waals surface area (Å²) in [5, 5.41) is 6.70. The molecule has 0 bridgehead atoms. The molecule has 0 aliphatic carbocycles. The van der Waals surface area contributed by atoms with Crippen LogP contribution in [0.2, 0.25) is 0 Å². The van der Waals surface area contributed by atoms with Crippen molar-refractivity contribution in [3.63, 3.8) is 0 Å². The second-order valence-corrected chi connectivity index (χ2v) is 10.3. The first kappa shape index (κ1) is 21.5. The van der Waals surface area contributed by atoms with Gasteiger partial charge in [0, 0.05) is 30.7 Å². The van der Waals surface area contributed by atoms with Gasteiger partial charge in [0.2, 0.25) is 10.0 Å². The molecule has 2 aliphatic heterocycles. The number of aryl methyl sites for hydroxylation is 1. The summed E-state index contributed by atoms with van der Waals surface area (Å²) >= 11 is 0. The van der Waals surface area contributed by atoms with Gasteiger partial charge in [-0.1, -0.05) is 12.1 Å². The van der Waals surface area contributed by atoms with E-state index in [0.29, 0.717) is 43.9 Å². The number of H-pyrrole nitrogens is 1. The van der Waals surface area contributed by atoms with E-state index in [4.69, 9.17) is 4.74 Å². The van der Waals surface area contributed by atoms with Crippen molar-refractivity contribution in [1.82, 2.24) is 19.4 Å². The molecule has 0 saturated carbocycles. The number of benzene rings is 1. The molecule has 31 heavy (non-hydrogen) atoms. The van der Waals surface area contributed by atoms with Gasteiger partial charge in [0.1, 0.15) is 16.4 Å². The van der Waals surface area contributed by atoms with Crippen molar-refractivity contribution < 1.29 is 22.7 Å². The number of aromatic nitrogens is 2. The van der Waals surface area contributed by atoms with E-state index in [1.54, 1.807) is 30.0 Å². The number of amides is 1. The van der Waals surface area contributed by atoms with Gasteiger partial charge in [0.05, 0.1) is 24.9 Å². The first-order valence-corrected chi connectivity index (χ1v) is 11.7. The normalized spacial score (nSPS) is 20.4. The molecule has 0 radical (unpaired) electrons. The molecule has 0 unspecified atom stereocenters. The summed E-state index contributed by atoms with van der Waals surface area (Å²) in [5.41, 5.74) is 0.771. The average molecular weight is 447 g/mol. The van der Waals surface area contributed by atoms with Crippen LogP contribution in [0.15, 0.2) is 35.4 Å². The fourth-order valence-corrected chi connectivity index (χ4v) is 5.98. The zero-order valence-electron chi connectivity index (χ0n) is 17.6. The van der Waals surface area contributed by atoms with Crippen molar-refractivity contribution in [1.29, 1.82) is 0 Å². The monoisotopic (exact) mass is 446 g/mol. The topological polar surface area (TPSA) is 113 Å². The second-order valence-electron chi connectivity index (χ2n) is 8.41. The molecule has 1 amide bonds. The fourth-order valence-electron chi connectivity index (χ4n) is 4.27. The number of ether oxygens (including phenoxy) is 1. The number of sulfonamides is 1. The van der Waals surface area contributed by atoms with E-state index in [9.17, 15) is 18.0 Å². The zero-order chi connectivity index (χ0) is 22.2. The maximum atomic E-state index is 13.3. The number of hydrogen-bond acceptors (Lipinski definition) is 6. The molecule has 1 fully saturated rings. The lowest BCUT2D eigenvalue weighted by molar-refractivity contribution is -0.117. The molecule has 1 aromatic carbocycles. The predicted octanol–water partition coefficient (Wildman–Crippen LogP) is 1.61. The number of rotatable bonds is 3. The van der Waals surface area contributed by atoms with E-state index >= 15 is 0 Å². The number of nitrogens with one attached hydrogen (secondary N) is 1. The highest BCUT2D eigenvalue weighted by Gasteiger charge is 2.44. The van der Waals surface area contributed by atoms with Crippen LogP contribution >= 0.6 is 0 Å². The zero-order valence-corrected chi connectivity index (χ0v) is 18.4. The molecule has 1 N–H and O–H groups in total. The maximum absolute atomic E-state index is 13.3. The van der Waals surface area contributed by atoms with Crippen LogP contribution in [0.4, 0.5) is 0 Å². The van der Waals surface area contributed by atoms with Crippen LogP contribution in [-0.4, -0.2) is 72.3 Å². The summed E-state index contributed by atoms with van der Waals surface area (Å²) in [6, 6.07) is 6.51. The number of nitrogens with zero attached hydrogens (tertiary/aromatic N) is 3. The molecule has 0 atom stereocenters. The number of Topliss-reactive ketones (excluding diaryl/α,β-unsaturated/α-hetero) is 1. The van der Waals surface area contributed by atoms with E-state index in [-0.39, 0.29) is 29.7 Å². The molecule has 1 spiro atoms. The lowest BCUT2D eigenvalue weighted by atomic mass is 9.78. The third-order valence-electron chi connectivity index (χ3n) is 6.08. The SMILES string of the molecule is CC(=O)CN1CC2(CCN(C(=O)c3cn[nH]c3C)CC2)COc2ccccc2S1(=O)=O. The van der Waals surface area contributed by atoms with Gasteiger partial charge in [-0.15, -0.1) is 0 Å². The Morgan fingerprint density at radius 2 is 1.94 bits per heavy atom. The van der Waals surface area contributed by atoms with E-state index in [1.807, 2.05) is 0 Å². The largest absolute Gasteiger partial charge is 0.492 e. The van der Waals surface area contributed by atoms with E-state index < -0.39 is 15.4 Å². The summed E-state index contributed by atoms with van der Waals surface area (Å²) in [5.74, 6) is -0.0187. The molecular weight excluding hydrogens is 420 g/mol. The number of aromatic amines is 1. The van der Waals surface area contributed by atoms with Crippen LogP contribution in [0.25, 0.3) is 0 Å². The van der Waals surface area contributed by atoms with Crippen LogP contribution < -0.4 is 4.74 Å². The van der Waals surface area contributed by atoms with Gasteiger partial charge in [-0.05, 0) is 38.8 Å². The Balaban J connectivity index is 1.60. The summed E-state index contributed by atoms with van der Waals surface area (Å²) < 4.78 is 33.9. The molecule has 3 heterocycles. The standard InChI is InChI=1S/C21H26N4O5S/c1-15(26)12-25-13-21(14-30-18-5-3-4-6-19(18)31(25,28)29)7-9-24(10-8-21)20(27)17-11-22-23-16(17)2/h3-6,11H,7-10,12-14H2,1-2H3,(H,22,23). The summed E-state index contributed by atoms with van der Waals surface area (Å²) in [6.07, 6.45) is 2.67. The molecule has 2 aliphatic rings. The van der Waals surface area contributed by atoms with E-state index in [1.165, 1.54) is 23.5 Å². The predicted molar refractivity (Wildman–Crippen MR) is 112 cm³/mol. The Kier molecular flexibility index (Phi) is 5.61. The minimum absolute atomic E-state index is 0.0779. The first-order chi connectivity index (χ1) is 14.7. The minimum Gasteiger partial charge on any atom is -0.492 e. The summed E-state index contributed by atoms with van der Waals surface area (Å²) in [4.78, 5) is 26.6. The highest BCUT2D eigenvalue weighted by atomic mass is 32.2. The Morgan fingerprint density at radius 3 is 2.58 bits per heavy atom. The van der Waals surface area contributed by atoms with E-state index in [0.717, 1.165) is 5.69 Å². The summed E-state index contributed by atoms with van der Waals surface area (Å²) in [7, 11) is -3.89. The molecule has 166 valence electrons. The molecule has 10 heteroatoms. The highest BCUT2D eigenvalue weighted by molar-refractivity contribution is 7.89. The lowest BCUT2D eigenvalue weighted by Gasteiger charge is -2.44. The van der Waals surface area contributed by atoms with Gasteiger partial charge in [-0.2, -0.15) is 9.40 Å². The van der Waals surface area contributed by atoms with Gasteiger partial charge >= 0.3 is 0 Å². The van der Waals surface area contributed by atoms with E-state index in [2.05, 4.69) is 10.2 Å². The number of hydrogen-bond donors (Lipinski definition) is 1. The van der Waals surface area contributed by atoms with Crippen molar-refractivity contribution in [2.24, 2.45) is 5.41 Å². The van der Waals surface area contributed by atoms with Gasteiger partial charge < -0.3 is 9.64 Å². The smallest absolute Gasteiger partial charge is 0.257 e. The van der Waals surface area contributed by atoms with Crippen molar-refractivity contribution in [2.45, 2.75) is 31.6 Å². The third kappa shape index (κ3) is 4.09. The number of carbonyl (C=O) groups is 2. The van der Waals surface area contributed by atoms with Crippen LogP contribution in [0.3, 0.4) is 0 Å². The molecular formula is C21H26N4O5S. The number of likely N-dealkylation sites (tertiary alicyclic amines) is 1. The lowest BCUT2D eigenvalue weighted by Crippen LogP contribution is -2.53. The van der Waals surface area contributed by atoms with Crippen molar-refractivity contribution in [3.8, 4) is 5.75 Å². The number of para-hydroxylation sites is 1. The quantitative estimate of drug-likeness (QED) is 0.767. The minimum atomic E-state index is -3.89.